The number of piperidine rings is 1. The maximum Gasteiger partial charge on any atom is 0.115 e. The van der Waals surface area contributed by atoms with Crippen molar-refractivity contribution < 1.29 is 0 Å². The van der Waals surface area contributed by atoms with Gasteiger partial charge in [-0.25, -0.2) is 9.97 Å². The third kappa shape index (κ3) is 2.57. The molecule has 4 heteroatoms. The molecular formula is C12H20N4. The Kier molecular flexibility index (Phi) is 3.85. The molecule has 1 saturated heterocycles. The molecule has 2 N–H and O–H groups in total. The lowest BCUT2D eigenvalue weighted by Gasteiger charge is -2.33. The SMILES string of the molecule is CN1CCC(C(CN)c2ccncn2)CC1. The Morgan fingerprint density at radius 3 is 2.81 bits per heavy atom. The summed E-state index contributed by atoms with van der Waals surface area (Å²) in [4.78, 5) is 10.7. The quantitative estimate of drug-likeness (QED) is 0.821. The zero-order chi connectivity index (χ0) is 11.4. The van der Waals surface area contributed by atoms with Gasteiger partial charge in [-0.2, -0.15) is 0 Å². The first-order valence-electron chi connectivity index (χ1n) is 5.95. The molecule has 2 heterocycles. The Morgan fingerprint density at radius 2 is 2.25 bits per heavy atom. The smallest absolute Gasteiger partial charge is 0.115 e. The number of likely N-dealkylation sites (tertiary alicyclic amines) is 1. The summed E-state index contributed by atoms with van der Waals surface area (Å²) in [6, 6.07) is 2.00. The van der Waals surface area contributed by atoms with E-state index in [2.05, 4.69) is 21.9 Å². The van der Waals surface area contributed by atoms with E-state index in [1.54, 1.807) is 12.5 Å². The Morgan fingerprint density at radius 1 is 1.50 bits per heavy atom. The van der Waals surface area contributed by atoms with E-state index in [4.69, 9.17) is 5.73 Å². The van der Waals surface area contributed by atoms with Gasteiger partial charge in [-0.3, -0.25) is 0 Å². The molecule has 0 aliphatic carbocycles. The number of nitrogens with zero attached hydrogens (tertiary/aromatic N) is 3. The topological polar surface area (TPSA) is 55.0 Å². The van der Waals surface area contributed by atoms with Crippen molar-refractivity contribution in [3.05, 3.63) is 24.3 Å². The Hall–Kier alpha value is -1.00. The molecule has 0 saturated carbocycles. The molecule has 1 aromatic rings. The van der Waals surface area contributed by atoms with E-state index in [1.807, 2.05) is 6.07 Å². The van der Waals surface area contributed by atoms with Crippen molar-refractivity contribution in [1.29, 1.82) is 0 Å². The highest BCUT2D eigenvalue weighted by Gasteiger charge is 2.26. The van der Waals surface area contributed by atoms with Crippen molar-refractivity contribution in [1.82, 2.24) is 14.9 Å². The fraction of sp³-hybridized carbons (Fsp3) is 0.667. The van der Waals surface area contributed by atoms with Gasteiger partial charge in [0, 0.05) is 24.4 Å². The van der Waals surface area contributed by atoms with Crippen molar-refractivity contribution in [2.24, 2.45) is 11.7 Å². The lowest BCUT2D eigenvalue weighted by atomic mass is 9.82. The van der Waals surface area contributed by atoms with E-state index >= 15 is 0 Å². The summed E-state index contributed by atoms with van der Waals surface area (Å²) >= 11 is 0. The molecule has 0 radical (unpaired) electrons. The summed E-state index contributed by atoms with van der Waals surface area (Å²) < 4.78 is 0. The summed E-state index contributed by atoms with van der Waals surface area (Å²) in [7, 11) is 2.18. The second kappa shape index (κ2) is 5.37. The molecule has 1 aliphatic heterocycles. The summed E-state index contributed by atoms with van der Waals surface area (Å²) in [5.41, 5.74) is 7.00. The van der Waals surface area contributed by atoms with Gasteiger partial charge >= 0.3 is 0 Å². The third-order valence-corrected chi connectivity index (χ3v) is 3.57. The average molecular weight is 220 g/mol. The maximum atomic E-state index is 5.90. The van der Waals surface area contributed by atoms with Gasteiger partial charge in [0.05, 0.1) is 0 Å². The van der Waals surface area contributed by atoms with E-state index < -0.39 is 0 Å². The monoisotopic (exact) mass is 220 g/mol. The molecule has 1 fully saturated rings. The van der Waals surface area contributed by atoms with Crippen LogP contribution in [0.4, 0.5) is 0 Å². The van der Waals surface area contributed by atoms with Crippen LogP contribution in [0, 0.1) is 5.92 Å². The van der Waals surface area contributed by atoms with Gasteiger partial charge in [0.1, 0.15) is 6.33 Å². The summed E-state index contributed by atoms with van der Waals surface area (Å²) in [6.07, 6.45) is 5.87. The van der Waals surface area contributed by atoms with Crippen LogP contribution in [0.3, 0.4) is 0 Å². The number of aromatic nitrogens is 2. The normalized spacial score (nSPS) is 20.9. The summed E-state index contributed by atoms with van der Waals surface area (Å²) in [5.74, 6) is 1.08. The molecule has 1 aromatic heterocycles. The second-order valence-corrected chi connectivity index (χ2v) is 4.62. The first-order valence-corrected chi connectivity index (χ1v) is 5.95. The molecule has 0 amide bonds. The zero-order valence-electron chi connectivity index (χ0n) is 9.84. The lowest BCUT2D eigenvalue weighted by molar-refractivity contribution is 0.198. The molecule has 0 aromatic carbocycles. The minimum absolute atomic E-state index is 0.400. The first kappa shape index (κ1) is 11.5. The molecule has 1 unspecified atom stereocenters. The Balaban J connectivity index is 2.05. The van der Waals surface area contributed by atoms with E-state index in [1.165, 1.54) is 25.9 Å². The number of hydrogen-bond acceptors (Lipinski definition) is 4. The Labute approximate surface area is 96.9 Å². The van der Waals surface area contributed by atoms with E-state index in [9.17, 15) is 0 Å². The van der Waals surface area contributed by atoms with Crippen LogP contribution in [0.15, 0.2) is 18.6 Å². The van der Waals surface area contributed by atoms with Crippen molar-refractivity contribution >= 4 is 0 Å². The zero-order valence-corrected chi connectivity index (χ0v) is 9.84. The van der Waals surface area contributed by atoms with E-state index in [0.717, 1.165) is 5.69 Å². The standard InChI is InChI=1S/C12H20N4/c1-16-6-3-10(4-7-16)11(8-13)12-2-5-14-9-15-12/h2,5,9-11H,3-4,6-8,13H2,1H3. The van der Waals surface area contributed by atoms with Crippen LogP contribution >= 0.6 is 0 Å². The highest BCUT2D eigenvalue weighted by molar-refractivity contribution is 5.08. The van der Waals surface area contributed by atoms with Crippen LogP contribution in [0.2, 0.25) is 0 Å². The molecule has 2 rings (SSSR count). The molecular weight excluding hydrogens is 200 g/mol. The minimum Gasteiger partial charge on any atom is -0.330 e. The van der Waals surface area contributed by atoms with Gasteiger partial charge < -0.3 is 10.6 Å². The van der Waals surface area contributed by atoms with Crippen LogP contribution in [0.5, 0.6) is 0 Å². The molecule has 0 bridgehead atoms. The van der Waals surface area contributed by atoms with Crippen molar-refractivity contribution in [2.75, 3.05) is 26.7 Å². The summed E-state index contributed by atoms with van der Waals surface area (Å²) in [5, 5.41) is 0. The fourth-order valence-corrected chi connectivity index (χ4v) is 2.51. The number of rotatable bonds is 3. The van der Waals surface area contributed by atoms with Crippen LogP contribution in [0.1, 0.15) is 24.5 Å². The molecule has 16 heavy (non-hydrogen) atoms. The molecule has 4 nitrogen and oxygen atoms in total. The van der Waals surface area contributed by atoms with Crippen LogP contribution in [-0.4, -0.2) is 41.5 Å². The lowest BCUT2D eigenvalue weighted by Crippen LogP contribution is -2.35. The van der Waals surface area contributed by atoms with Gasteiger partial charge in [-0.15, -0.1) is 0 Å². The largest absolute Gasteiger partial charge is 0.330 e. The third-order valence-electron chi connectivity index (χ3n) is 3.57. The van der Waals surface area contributed by atoms with Gasteiger partial charge in [0.15, 0.2) is 0 Å². The van der Waals surface area contributed by atoms with E-state index in [-0.39, 0.29) is 0 Å². The van der Waals surface area contributed by atoms with Crippen LogP contribution in [-0.2, 0) is 0 Å². The predicted molar refractivity (Wildman–Crippen MR) is 64.0 cm³/mol. The van der Waals surface area contributed by atoms with Crippen molar-refractivity contribution in [3.63, 3.8) is 0 Å². The van der Waals surface area contributed by atoms with Gasteiger partial charge in [-0.05, 0) is 45.0 Å². The minimum atomic E-state index is 0.400. The highest BCUT2D eigenvalue weighted by Crippen LogP contribution is 2.30. The van der Waals surface area contributed by atoms with E-state index in [0.29, 0.717) is 18.4 Å². The van der Waals surface area contributed by atoms with Gasteiger partial charge in [0.25, 0.3) is 0 Å². The fourth-order valence-electron chi connectivity index (χ4n) is 2.51. The molecule has 0 spiro atoms. The molecule has 88 valence electrons. The average Bonchev–Trinajstić information content (AvgIpc) is 2.34. The second-order valence-electron chi connectivity index (χ2n) is 4.62. The maximum absolute atomic E-state index is 5.90. The van der Waals surface area contributed by atoms with Crippen LogP contribution < -0.4 is 5.73 Å². The predicted octanol–water partition coefficient (Wildman–Crippen LogP) is 0.861. The van der Waals surface area contributed by atoms with Crippen LogP contribution in [0.25, 0.3) is 0 Å². The number of hydrogen-bond donors (Lipinski definition) is 1. The molecule has 1 aliphatic rings. The van der Waals surface area contributed by atoms with Gasteiger partial charge in [0.2, 0.25) is 0 Å². The highest BCUT2D eigenvalue weighted by atomic mass is 15.1. The van der Waals surface area contributed by atoms with Crippen molar-refractivity contribution in [3.8, 4) is 0 Å². The number of nitrogens with two attached hydrogens (primary N) is 1. The van der Waals surface area contributed by atoms with Crippen molar-refractivity contribution in [2.45, 2.75) is 18.8 Å². The molecule has 1 atom stereocenters. The van der Waals surface area contributed by atoms with Gasteiger partial charge in [-0.1, -0.05) is 0 Å². The Bertz CT molecular complexity index is 306. The summed E-state index contributed by atoms with van der Waals surface area (Å²) in [6.45, 7) is 3.03. The first-order chi connectivity index (χ1) is 7.81.